The maximum Gasteiger partial charge on any atom is 0.254 e. The zero-order chi connectivity index (χ0) is 13.9. The van der Waals surface area contributed by atoms with E-state index in [1.54, 1.807) is 0 Å². The van der Waals surface area contributed by atoms with Gasteiger partial charge in [-0.1, -0.05) is 30.3 Å². The van der Waals surface area contributed by atoms with Crippen LogP contribution in [0.15, 0.2) is 49.1 Å². The lowest BCUT2D eigenvalue weighted by atomic mass is 10.0. The average molecular weight is 268 g/mol. The molecule has 1 unspecified atom stereocenters. The number of benzene rings is 1. The Hall–Kier alpha value is -2.76. The fraction of sp³-hybridized carbons (Fsp3) is 0.143. The van der Waals surface area contributed by atoms with E-state index in [-0.39, 0.29) is 18.4 Å². The first-order valence-electron chi connectivity index (χ1n) is 6.16. The van der Waals surface area contributed by atoms with Crippen LogP contribution in [0.4, 0.5) is 5.69 Å². The van der Waals surface area contributed by atoms with Gasteiger partial charge in [0, 0.05) is 0 Å². The Balaban J connectivity index is 1.94. The van der Waals surface area contributed by atoms with E-state index in [0.29, 0.717) is 5.69 Å². The third kappa shape index (κ3) is 2.23. The summed E-state index contributed by atoms with van der Waals surface area (Å²) in [6.45, 7) is -0.0183. The first-order valence-corrected chi connectivity index (χ1v) is 6.16. The van der Waals surface area contributed by atoms with Crippen LogP contribution in [0.3, 0.4) is 0 Å². The highest BCUT2D eigenvalue weighted by Gasteiger charge is 2.34. The van der Waals surface area contributed by atoms with Crippen LogP contribution in [-0.2, 0) is 9.59 Å². The highest BCUT2D eigenvalue weighted by molar-refractivity contribution is 6.06. The molecule has 1 aliphatic heterocycles. The van der Waals surface area contributed by atoms with E-state index in [9.17, 15) is 9.59 Å². The molecule has 2 aromatic rings. The molecule has 0 bridgehead atoms. The maximum absolute atomic E-state index is 12.5. The molecule has 0 spiro atoms. The van der Waals surface area contributed by atoms with E-state index < -0.39 is 6.04 Å². The lowest BCUT2D eigenvalue weighted by Gasteiger charge is -2.32. The van der Waals surface area contributed by atoms with Crippen molar-refractivity contribution in [3.8, 4) is 0 Å². The Bertz CT molecular complexity index is 577. The Morgan fingerprint density at radius 2 is 1.80 bits per heavy atom. The van der Waals surface area contributed by atoms with E-state index >= 15 is 0 Å². The van der Waals surface area contributed by atoms with E-state index in [1.165, 1.54) is 23.6 Å². The SMILES string of the molecule is O=C1CN(c2cncnc2)C(=O)C(c2ccccc2)N1. The number of hydrogen-bond donors (Lipinski definition) is 1. The Morgan fingerprint density at radius 1 is 1.10 bits per heavy atom. The molecule has 1 saturated heterocycles. The second-order valence-corrected chi connectivity index (χ2v) is 4.43. The summed E-state index contributed by atoms with van der Waals surface area (Å²) in [7, 11) is 0. The third-order valence-electron chi connectivity index (χ3n) is 3.11. The largest absolute Gasteiger partial charge is 0.339 e. The van der Waals surface area contributed by atoms with E-state index in [4.69, 9.17) is 0 Å². The van der Waals surface area contributed by atoms with Crippen LogP contribution in [0.25, 0.3) is 0 Å². The number of amides is 2. The zero-order valence-electron chi connectivity index (χ0n) is 10.6. The van der Waals surface area contributed by atoms with E-state index in [2.05, 4.69) is 15.3 Å². The van der Waals surface area contributed by atoms with Crippen LogP contribution in [0.5, 0.6) is 0 Å². The third-order valence-corrected chi connectivity index (χ3v) is 3.11. The van der Waals surface area contributed by atoms with Gasteiger partial charge >= 0.3 is 0 Å². The van der Waals surface area contributed by atoms with Gasteiger partial charge in [0.25, 0.3) is 5.91 Å². The van der Waals surface area contributed by atoms with Crippen LogP contribution < -0.4 is 10.2 Å². The Labute approximate surface area is 115 Å². The van der Waals surface area contributed by atoms with E-state index in [1.807, 2.05) is 30.3 Å². The van der Waals surface area contributed by atoms with Crippen LogP contribution >= 0.6 is 0 Å². The maximum atomic E-state index is 12.5. The van der Waals surface area contributed by atoms with Crippen molar-refractivity contribution < 1.29 is 9.59 Å². The number of hydrogen-bond acceptors (Lipinski definition) is 4. The standard InChI is InChI=1S/C14H12N4O2/c19-12-8-18(11-6-15-9-16-7-11)14(20)13(17-12)10-4-2-1-3-5-10/h1-7,9,13H,8H2,(H,17,19). The highest BCUT2D eigenvalue weighted by atomic mass is 16.2. The van der Waals surface area contributed by atoms with Gasteiger partial charge in [-0.25, -0.2) is 9.97 Å². The monoisotopic (exact) mass is 268 g/mol. The van der Waals surface area contributed by atoms with Gasteiger partial charge in [0.2, 0.25) is 5.91 Å². The molecule has 100 valence electrons. The summed E-state index contributed by atoms with van der Waals surface area (Å²) < 4.78 is 0. The molecule has 2 amide bonds. The smallest absolute Gasteiger partial charge is 0.254 e. The van der Waals surface area contributed by atoms with Gasteiger partial charge in [-0.05, 0) is 5.56 Å². The highest BCUT2D eigenvalue weighted by Crippen LogP contribution is 2.22. The summed E-state index contributed by atoms with van der Waals surface area (Å²) in [6, 6.07) is 8.49. The van der Waals surface area contributed by atoms with Gasteiger partial charge in [-0.15, -0.1) is 0 Å². The summed E-state index contributed by atoms with van der Waals surface area (Å²) >= 11 is 0. The summed E-state index contributed by atoms with van der Waals surface area (Å²) in [6.07, 6.45) is 4.42. The summed E-state index contributed by atoms with van der Waals surface area (Å²) in [5.41, 5.74) is 1.28. The first kappa shape index (κ1) is 12.3. The minimum Gasteiger partial charge on any atom is -0.339 e. The van der Waals surface area contributed by atoms with Crippen molar-refractivity contribution in [1.82, 2.24) is 15.3 Å². The molecule has 0 saturated carbocycles. The number of nitrogens with one attached hydrogen (secondary N) is 1. The Kier molecular flexibility index (Phi) is 3.12. The van der Waals surface area contributed by atoms with Gasteiger partial charge in [0.1, 0.15) is 18.9 Å². The second kappa shape index (κ2) is 5.08. The van der Waals surface area contributed by atoms with Crippen LogP contribution in [0.1, 0.15) is 11.6 Å². The van der Waals surface area contributed by atoms with Gasteiger partial charge < -0.3 is 5.32 Å². The van der Waals surface area contributed by atoms with Crippen molar-refractivity contribution in [2.24, 2.45) is 0 Å². The number of carbonyl (C=O) groups excluding carboxylic acids is 2. The second-order valence-electron chi connectivity index (χ2n) is 4.43. The minimum atomic E-state index is -0.669. The molecule has 6 nitrogen and oxygen atoms in total. The van der Waals surface area contributed by atoms with Gasteiger partial charge in [0.15, 0.2) is 0 Å². The Morgan fingerprint density at radius 3 is 2.50 bits per heavy atom. The minimum absolute atomic E-state index is 0.0183. The quantitative estimate of drug-likeness (QED) is 0.869. The van der Waals surface area contributed by atoms with Crippen LogP contribution in [0, 0.1) is 0 Å². The van der Waals surface area contributed by atoms with Gasteiger partial charge in [-0.3, -0.25) is 14.5 Å². The van der Waals surface area contributed by atoms with Crippen LogP contribution in [-0.4, -0.2) is 28.3 Å². The fourth-order valence-electron chi connectivity index (χ4n) is 2.17. The van der Waals surface area contributed by atoms with Crippen molar-refractivity contribution in [1.29, 1.82) is 0 Å². The van der Waals surface area contributed by atoms with Crippen molar-refractivity contribution in [2.45, 2.75) is 6.04 Å². The summed E-state index contributed by atoms with van der Waals surface area (Å²) in [5.74, 6) is -0.395. The van der Waals surface area contributed by atoms with E-state index in [0.717, 1.165) is 5.56 Å². The number of anilines is 1. The number of aromatic nitrogens is 2. The molecule has 3 rings (SSSR count). The van der Waals surface area contributed by atoms with Crippen molar-refractivity contribution >= 4 is 17.5 Å². The molecule has 1 aromatic carbocycles. The lowest BCUT2D eigenvalue weighted by Crippen LogP contribution is -2.53. The molecule has 1 N–H and O–H groups in total. The molecule has 20 heavy (non-hydrogen) atoms. The molecule has 0 aliphatic carbocycles. The topological polar surface area (TPSA) is 75.2 Å². The van der Waals surface area contributed by atoms with Crippen molar-refractivity contribution in [3.63, 3.8) is 0 Å². The zero-order valence-corrected chi connectivity index (χ0v) is 10.6. The molecule has 1 atom stereocenters. The lowest BCUT2D eigenvalue weighted by molar-refractivity contribution is -0.131. The summed E-state index contributed by atoms with van der Waals surface area (Å²) in [4.78, 5) is 33.5. The molecule has 6 heteroatoms. The molecular weight excluding hydrogens is 256 g/mol. The number of rotatable bonds is 2. The molecule has 2 heterocycles. The predicted molar refractivity (Wildman–Crippen MR) is 71.7 cm³/mol. The molecule has 1 aliphatic rings. The van der Waals surface area contributed by atoms with Gasteiger partial charge in [-0.2, -0.15) is 0 Å². The predicted octanol–water partition coefficient (Wildman–Crippen LogP) is 0.681. The van der Waals surface area contributed by atoms with Gasteiger partial charge in [0.05, 0.1) is 18.1 Å². The number of nitrogens with zero attached hydrogens (tertiary/aromatic N) is 3. The average Bonchev–Trinajstić information content (AvgIpc) is 2.51. The normalized spacial score (nSPS) is 18.8. The van der Waals surface area contributed by atoms with Crippen LogP contribution in [0.2, 0.25) is 0 Å². The molecule has 1 aromatic heterocycles. The molecule has 1 fully saturated rings. The first-order chi connectivity index (χ1) is 9.75. The fourth-order valence-corrected chi connectivity index (χ4v) is 2.17. The number of carbonyl (C=O) groups is 2. The number of piperazine rings is 1. The van der Waals surface area contributed by atoms with Crippen molar-refractivity contribution in [2.75, 3.05) is 11.4 Å². The molecule has 0 radical (unpaired) electrons. The van der Waals surface area contributed by atoms with Crippen molar-refractivity contribution in [3.05, 3.63) is 54.6 Å². The summed E-state index contributed by atoms with van der Waals surface area (Å²) in [5, 5.41) is 2.71. The molecular formula is C14H12N4O2.